The van der Waals surface area contributed by atoms with E-state index >= 15 is 0 Å². The van der Waals surface area contributed by atoms with Gasteiger partial charge in [0.25, 0.3) is 5.69 Å². The maximum absolute atomic E-state index is 12.5. The number of nitro benzene ring substituents is 1. The highest BCUT2D eigenvalue weighted by molar-refractivity contribution is 9.10. The zero-order chi connectivity index (χ0) is 17.7. The third-order valence-corrected chi connectivity index (χ3v) is 7.01. The maximum atomic E-state index is 12.5. The lowest BCUT2D eigenvalue weighted by atomic mass is 9.48. The van der Waals surface area contributed by atoms with E-state index in [1.165, 1.54) is 25.3 Å². The molecule has 1 amide bonds. The molecule has 0 saturated heterocycles. The van der Waals surface area contributed by atoms with E-state index in [1.54, 1.807) is 18.2 Å². The summed E-state index contributed by atoms with van der Waals surface area (Å²) in [5.41, 5.74) is 5.76. The molecule has 1 aromatic rings. The predicted molar refractivity (Wildman–Crippen MR) is 98.3 cm³/mol. The number of nitro groups is 1. The molecular formula is C18H22BrN3O3. The molecule has 0 aliphatic heterocycles. The van der Waals surface area contributed by atoms with Crippen LogP contribution < -0.4 is 10.9 Å². The number of hydrazine groups is 1. The van der Waals surface area contributed by atoms with E-state index in [0.29, 0.717) is 12.1 Å². The Morgan fingerprint density at radius 2 is 1.92 bits per heavy atom. The molecule has 5 rings (SSSR count). The van der Waals surface area contributed by atoms with Crippen LogP contribution in [0.2, 0.25) is 0 Å². The van der Waals surface area contributed by atoms with E-state index in [4.69, 9.17) is 0 Å². The van der Waals surface area contributed by atoms with Crippen LogP contribution in [0.3, 0.4) is 0 Å². The minimum atomic E-state index is -0.456. The van der Waals surface area contributed by atoms with E-state index in [9.17, 15) is 14.9 Å². The third-order valence-electron chi connectivity index (χ3n) is 6.08. The molecule has 4 aliphatic carbocycles. The van der Waals surface area contributed by atoms with Gasteiger partial charge in [-0.2, -0.15) is 0 Å². The molecule has 4 aliphatic rings. The van der Waals surface area contributed by atoms with Gasteiger partial charge in [0.2, 0.25) is 5.91 Å². The Balaban J connectivity index is 1.41. The molecule has 0 spiro atoms. The summed E-state index contributed by atoms with van der Waals surface area (Å²) in [5, 5.41) is 11.0. The fraction of sp³-hybridized carbons (Fsp3) is 0.611. The molecule has 2 unspecified atom stereocenters. The number of halogens is 1. The number of nitrogens with zero attached hydrogens (tertiary/aromatic N) is 1. The van der Waals surface area contributed by atoms with Crippen molar-refractivity contribution in [3.8, 4) is 0 Å². The Morgan fingerprint density at radius 1 is 1.24 bits per heavy atom. The van der Waals surface area contributed by atoms with Gasteiger partial charge >= 0.3 is 0 Å². The van der Waals surface area contributed by atoms with Crippen LogP contribution in [0.15, 0.2) is 24.3 Å². The summed E-state index contributed by atoms with van der Waals surface area (Å²) in [7, 11) is 0. The number of anilines is 1. The highest BCUT2D eigenvalue weighted by Crippen LogP contribution is 2.65. The van der Waals surface area contributed by atoms with E-state index in [2.05, 4.69) is 26.8 Å². The number of carbonyl (C=O) groups is 1. The second-order valence-electron chi connectivity index (χ2n) is 8.24. The van der Waals surface area contributed by atoms with Crippen molar-refractivity contribution in [3.63, 3.8) is 0 Å². The minimum Gasteiger partial charge on any atom is -0.292 e. The van der Waals surface area contributed by atoms with Gasteiger partial charge in [0.05, 0.1) is 4.92 Å². The van der Waals surface area contributed by atoms with Crippen molar-refractivity contribution in [2.24, 2.45) is 17.3 Å². The van der Waals surface area contributed by atoms with Crippen LogP contribution >= 0.6 is 15.9 Å². The van der Waals surface area contributed by atoms with Crippen molar-refractivity contribution < 1.29 is 9.72 Å². The normalized spacial score (nSPS) is 35.4. The Bertz CT molecular complexity index is 709. The average Bonchev–Trinajstić information content (AvgIpc) is 2.50. The van der Waals surface area contributed by atoms with Gasteiger partial charge in [-0.05, 0) is 61.8 Å². The number of amides is 1. The molecule has 4 fully saturated rings. The summed E-state index contributed by atoms with van der Waals surface area (Å²) < 4.78 is 0.225. The number of carbonyl (C=O) groups excluding carboxylic acids is 1. The number of alkyl halides is 1. The SMILES string of the molecule is O=C(CC12CC3CC(CC(Br)(C3)C1)C2)NNc1ccccc1[N+](=O)[O-]. The van der Waals surface area contributed by atoms with E-state index in [0.717, 1.165) is 31.1 Å². The van der Waals surface area contributed by atoms with Crippen molar-refractivity contribution >= 4 is 33.2 Å². The van der Waals surface area contributed by atoms with Crippen LogP contribution in [0.1, 0.15) is 44.9 Å². The van der Waals surface area contributed by atoms with Gasteiger partial charge in [0.15, 0.2) is 0 Å². The summed E-state index contributed by atoms with van der Waals surface area (Å²) in [6, 6.07) is 6.32. The fourth-order valence-corrected chi connectivity index (χ4v) is 7.31. The van der Waals surface area contributed by atoms with Crippen molar-refractivity contribution in [2.75, 3.05) is 5.43 Å². The number of hydrogen-bond acceptors (Lipinski definition) is 4. The van der Waals surface area contributed by atoms with Crippen molar-refractivity contribution in [2.45, 2.75) is 49.3 Å². The number of nitrogens with one attached hydrogen (secondary N) is 2. The van der Waals surface area contributed by atoms with Crippen LogP contribution in [0.25, 0.3) is 0 Å². The fourth-order valence-electron chi connectivity index (χ4n) is 5.80. The molecular weight excluding hydrogens is 386 g/mol. The molecule has 4 bridgehead atoms. The average molecular weight is 408 g/mol. The quantitative estimate of drug-likeness (QED) is 0.435. The largest absolute Gasteiger partial charge is 0.294 e. The summed E-state index contributed by atoms with van der Waals surface area (Å²) in [6.45, 7) is 0. The molecule has 1 aromatic carbocycles. The topological polar surface area (TPSA) is 84.3 Å². The molecule has 25 heavy (non-hydrogen) atoms. The van der Waals surface area contributed by atoms with Gasteiger partial charge in [-0.3, -0.25) is 25.8 Å². The van der Waals surface area contributed by atoms with Gasteiger partial charge < -0.3 is 0 Å². The van der Waals surface area contributed by atoms with Crippen LogP contribution in [0, 0.1) is 27.4 Å². The highest BCUT2D eigenvalue weighted by atomic mass is 79.9. The molecule has 134 valence electrons. The molecule has 4 saturated carbocycles. The lowest BCUT2D eigenvalue weighted by Crippen LogP contribution is -2.54. The van der Waals surface area contributed by atoms with Crippen molar-refractivity contribution in [3.05, 3.63) is 34.4 Å². The smallest absolute Gasteiger partial charge is 0.292 e. The number of benzene rings is 1. The molecule has 0 radical (unpaired) electrons. The molecule has 2 atom stereocenters. The van der Waals surface area contributed by atoms with Gasteiger partial charge in [0.1, 0.15) is 5.69 Å². The number of rotatable bonds is 5. The molecule has 0 aromatic heterocycles. The van der Waals surface area contributed by atoms with Crippen LogP contribution in [-0.4, -0.2) is 15.2 Å². The summed E-state index contributed by atoms with van der Waals surface area (Å²) in [5.74, 6) is 1.38. The monoisotopic (exact) mass is 407 g/mol. The highest BCUT2D eigenvalue weighted by Gasteiger charge is 2.57. The first-order valence-electron chi connectivity index (χ1n) is 8.84. The number of hydrogen-bond donors (Lipinski definition) is 2. The maximum Gasteiger partial charge on any atom is 0.294 e. The molecule has 7 heteroatoms. The predicted octanol–water partition coefficient (Wildman–Crippen LogP) is 4.16. The Labute approximate surface area is 155 Å². The first kappa shape index (κ1) is 16.8. The van der Waals surface area contributed by atoms with E-state index in [1.807, 2.05) is 0 Å². The second kappa shape index (κ2) is 5.97. The van der Waals surface area contributed by atoms with Crippen LogP contribution in [0.4, 0.5) is 11.4 Å². The minimum absolute atomic E-state index is 0.0444. The second-order valence-corrected chi connectivity index (χ2v) is 9.92. The van der Waals surface area contributed by atoms with Crippen LogP contribution in [-0.2, 0) is 4.79 Å². The zero-order valence-corrected chi connectivity index (χ0v) is 15.5. The van der Waals surface area contributed by atoms with Crippen molar-refractivity contribution in [1.82, 2.24) is 5.43 Å². The van der Waals surface area contributed by atoms with E-state index in [-0.39, 0.29) is 21.3 Å². The summed E-state index contributed by atoms with van der Waals surface area (Å²) >= 11 is 3.96. The number of para-hydroxylation sites is 2. The molecule has 6 nitrogen and oxygen atoms in total. The summed E-state index contributed by atoms with van der Waals surface area (Å²) in [6.07, 6.45) is 7.60. The van der Waals surface area contributed by atoms with Gasteiger partial charge in [0, 0.05) is 16.8 Å². The summed E-state index contributed by atoms with van der Waals surface area (Å²) in [4.78, 5) is 23.1. The molecule has 0 heterocycles. The third kappa shape index (κ3) is 3.26. The molecule has 2 N–H and O–H groups in total. The van der Waals surface area contributed by atoms with Gasteiger partial charge in [-0.1, -0.05) is 28.1 Å². The zero-order valence-electron chi connectivity index (χ0n) is 14.0. The lowest BCUT2D eigenvalue weighted by molar-refractivity contribution is -0.384. The Kier molecular flexibility index (Phi) is 4.02. The van der Waals surface area contributed by atoms with Crippen molar-refractivity contribution in [1.29, 1.82) is 0 Å². The first-order chi connectivity index (χ1) is 11.9. The lowest BCUT2D eigenvalue weighted by Gasteiger charge is -2.60. The van der Waals surface area contributed by atoms with Gasteiger partial charge in [-0.15, -0.1) is 0 Å². The Morgan fingerprint density at radius 3 is 2.56 bits per heavy atom. The first-order valence-corrected chi connectivity index (χ1v) is 9.63. The standard InChI is InChI=1S/C18H22BrN3O3/c19-18-8-12-5-13(9-18)7-17(6-12,11-18)10-16(23)21-20-14-3-1-2-4-15(14)22(24)25/h1-4,12-13,20H,5-11H2,(H,21,23). The van der Waals surface area contributed by atoms with E-state index < -0.39 is 4.92 Å². The van der Waals surface area contributed by atoms with Gasteiger partial charge in [-0.25, -0.2) is 0 Å². The van der Waals surface area contributed by atoms with Crippen LogP contribution in [0.5, 0.6) is 0 Å². The Hall–Kier alpha value is -1.63.